The van der Waals surface area contributed by atoms with Gasteiger partial charge in [-0.3, -0.25) is 0 Å². The second kappa shape index (κ2) is 5.68. The van der Waals surface area contributed by atoms with Crippen LogP contribution >= 0.6 is 0 Å². The molecule has 0 amide bonds. The summed E-state index contributed by atoms with van der Waals surface area (Å²) in [7, 11) is 0. The molecule has 2 rings (SSSR count). The van der Waals surface area contributed by atoms with E-state index < -0.39 is 0 Å². The van der Waals surface area contributed by atoms with Crippen molar-refractivity contribution in [3.05, 3.63) is 0 Å². The summed E-state index contributed by atoms with van der Waals surface area (Å²) in [5.74, 6) is 2.18. The number of hydrogen-bond donors (Lipinski definition) is 0. The van der Waals surface area contributed by atoms with Crippen molar-refractivity contribution in [3.63, 3.8) is 0 Å². The van der Waals surface area contributed by atoms with Crippen LogP contribution in [0, 0.1) is 29.1 Å². The zero-order chi connectivity index (χ0) is 11.4. The molecule has 0 aromatic heterocycles. The average molecular weight is 220 g/mol. The van der Waals surface area contributed by atoms with Gasteiger partial charge in [-0.2, -0.15) is 5.26 Å². The van der Waals surface area contributed by atoms with Crippen LogP contribution < -0.4 is 0 Å². The normalized spacial score (nSPS) is 33.5. The molecule has 2 atom stereocenters. The molecule has 0 radical (unpaired) electrons. The van der Waals surface area contributed by atoms with Crippen molar-refractivity contribution in [1.29, 1.82) is 5.26 Å². The van der Waals surface area contributed by atoms with Gasteiger partial charge in [0.15, 0.2) is 0 Å². The van der Waals surface area contributed by atoms with Crippen LogP contribution in [0.25, 0.3) is 0 Å². The van der Waals surface area contributed by atoms with E-state index in [0.717, 1.165) is 37.8 Å². The molecular formula is C14H24N2. The first-order chi connectivity index (χ1) is 7.79. The Kier molecular flexibility index (Phi) is 4.23. The van der Waals surface area contributed by atoms with Crippen molar-refractivity contribution >= 4 is 0 Å². The van der Waals surface area contributed by atoms with E-state index in [1.807, 2.05) is 0 Å². The summed E-state index contributed by atoms with van der Waals surface area (Å²) < 4.78 is 0. The zero-order valence-electron chi connectivity index (χ0n) is 10.5. The lowest BCUT2D eigenvalue weighted by atomic mass is 9.80. The molecule has 0 N–H and O–H groups in total. The Morgan fingerprint density at radius 1 is 1.12 bits per heavy atom. The first-order valence-electron chi connectivity index (χ1n) is 6.91. The Bertz CT molecular complexity index is 248. The summed E-state index contributed by atoms with van der Waals surface area (Å²) in [6.07, 6.45) is 7.92. The Morgan fingerprint density at radius 3 is 2.44 bits per heavy atom. The van der Waals surface area contributed by atoms with Crippen molar-refractivity contribution in [1.82, 2.24) is 4.90 Å². The van der Waals surface area contributed by atoms with Gasteiger partial charge in [-0.1, -0.05) is 26.2 Å². The Labute approximate surface area is 99.6 Å². The predicted molar refractivity (Wildman–Crippen MR) is 65.9 cm³/mol. The fraction of sp³-hybridized carbons (Fsp3) is 0.929. The van der Waals surface area contributed by atoms with Crippen molar-refractivity contribution < 1.29 is 0 Å². The maximum absolute atomic E-state index is 8.87. The van der Waals surface area contributed by atoms with Gasteiger partial charge in [0, 0.05) is 12.5 Å². The minimum atomic E-state index is 0.333. The van der Waals surface area contributed by atoms with Crippen LogP contribution in [0.5, 0.6) is 0 Å². The molecule has 1 saturated heterocycles. The number of hydrogen-bond acceptors (Lipinski definition) is 2. The van der Waals surface area contributed by atoms with Gasteiger partial charge < -0.3 is 4.90 Å². The van der Waals surface area contributed by atoms with Crippen molar-refractivity contribution in [2.24, 2.45) is 17.8 Å². The molecular weight excluding hydrogens is 196 g/mol. The third-order valence-electron chi connectivity index (χ3n) is 4.55. The fourth-order valence-electron chi connectivity index (χ4n) is 3.24. The van der Waals surface area contributed by atoms with E-state index in [1.165, 1.54) is 32.2 Å². The van der Waals surface area contributed by atoms with Gasteiger partial charge in [0.2, 0.25) is 0 Å². The highest BCUT2D eigenvalue weighted by Gasteiger charge is 2.25. The highest BCUT2D eigenvalue weighted by Crippen LogP contribution is 2.31. The van der Waals surface area contributed by atoms with E-state index in [9.17, 15) is 0 Å². The van der Waals surface area contributed by atoms with Crippen LogP contribution in [0.2, 0.25) is 0 Å². The van der Waals surface area contributed by atoms with Gasteiger partial charge >= 0.3 is 0 Å². The quantitative estimate of drug-likeness (QED) is 0.715. The van der Waals surface area contributed by atoms with E-state index in [-0.39, 0.29) is 0 Å². The van der Waals surface area contributed by atoms with Crippen molar-refractivity contribution in [2.45, 2.75) is 45.4 Å². The largest absolute Gasteiger partial charge is 0.303 e. The fourth-order valence-corrected chi connectivity index (χ4v) is 3.24. The lowest BCUT2D eigenvalue weighted by Gasteiger charge is -2.36. The predicted octanol–water partition coefficient (Wildman–Crippen LogP) is 3.05. The van der Waals surface area contributed by atoms with Crippen LogP contribution in [0.15, 0.2) is 0 Å². The summed E-state index contributed by atoms with van der Waals surface area (Å²) in [6, 6.07) is 2.41. The summed E-state index contributed by atoms with van der Waals surface area (Å²) in [5.41, 5.74) is 0. The number of rotatable bonds is 2. The smallest absolute Gasteiger partial charge is 0.0656 e. The monoisotopic (exact) mass is 220 g/mol. The average Bonchev–Trinajstić information content (AvgIpc) is 2.33. The summed E-state index contributed by atoms with van der Waals surface area (Å²) >= 11 is 0. The third-order valence-corrected chi connectivity index (χ3v) is 4.55. The van der Waals surface area contributed by atoms with Crippen LogP contribution in [0.3, 0.4) is 0 Å². The standard InChI is InChI=1S/C14H24N2/c1-12-4-2-3-5-14(12)11-16-8-6-13(10-15)7-9-16/h12-14H,2-9,11H2,1H3. The van der Waals surface area contributed by atoms with Gasteiger partial charge in [-0.05, 0) is 44.2 Å². The molecule has 0 bridgehead atoms. The molecule has 2 nitrogen and oxygen atoms in total. The molecule has 1 aliphatic carbocycles. The molecule has 2 aliphatic rings. The molecule has 1 aliphatic heterocycles. The lowest BCUT2D eigenvalue weighted by Crippen LogP contribution is -2.39. The maximum Gasteiger partial charge on any atom is 0.0656 e. The summed E-state index contributed by atoms with van der Waals surface area (Å²) in [5, 5.41) is 8.87. The molecule has 0 aromatic rings. The van der Waals surface area contributed by atoms with Crippen molar-refractivity contribution in [2.75, 3.05) is 19.6 Å². The van der Waals surface area contributed by atoms with E-state index in [2.05, 4.69) is 17.9 Å². The first-order valence-corrected chi connectivity index (χ1v) is 6.91. The molecule has 2 heteroatoms. The molecule has 2 fully saturated rings. The maximum atomic E-state index is 8.87. The number of nitrogens with zero attached hydrogens (tertiary/aromatic N) is 2. The van der Waals surface area contributed by atoms with Crippen LogP contribution in [-0.2, 0) is 0 Å². The minimum absolute atomic E-state index is 0.333. The van der Waals surface area contributed by atoms with Crippen molar-refractivity contribution in [3.8, 4) is 6.07 Å². The van der Waals surface area contributed by atoms with Gasteiger partial charge in [0.05, 0.1) is 6.07 Å². The van der Waals surface area contributed by atoms with E-state index >= 15 is 0 Å². The SMILES string of the molecule is CC1CCCCC1CN1CCC(C#N)CC1. The summed E-state index contributed by atoms with van der Waals surface area (Å²) in [6.45, 7) is 6.02. The highest BCUT2D eigenvalue weighted by atomic mass is 15.1. The zero-order valence-corrected chi connectivity index (χ0v) is 10.5. The van der Waals surface area contributed by atoms with E-state index in [4.69, 9.17) is 5.26 Å². The summed E-state index contributed by atoms with van der Waals surface area (Å²) in [4.78, 5) is 2.60. The number of likely N-dealkylation sites (tertiary alicyclic amines) is 1. The van der Waals surface area contributed by atoms with Crippen LogP contribution in [0.4, 0.5) is 0 Å². The van der Waals surface area contributed by atoms with Crippen LogP contribution in [0.1, 0.15) is 45.4 Å². The van der Waals surface area contributed by atoms with E-state index in [0.29, 0.717) is 5.92 Å². The lowest BCUT2D eigenvalue weighted by molar-refractivity contribution is 0.132. The second-order valence-corrected chi connectivity index (χ2v) is 5.73. The third kappa shape index (κ3) is 2.98. The Balaban J connectivity index is 1.75. The molecule has 1 heterocycles. The molecule has 0 aromatic carbocycles. The second-order valence-electron chi connectivity index (χ2n) is 5.73. The van der Waals surface area contributed by atoms with Crippen LogP contribution in [-0.4, -0.2) is 24.5 Å². The number of piperidine rings is 1. The molecule has 16 heavy (non-hydrogen) atoms. The Hall–Kier alpha value is -0.550. The number of nitriles is 1. The highest BCUT2D eigenvalue weighted by molar-refractivity contribution is 4.88. The van der Waals surface area contributed by atoms with Gasteiger partial charge in [-0.25, -0.2) is 0 Å². The Morgan fingerprint density at radius 2 is 1.81 bits per heavy atom. The molecule has 1 saturated carbocycles. The first kappa shape index (κ1) is 11.9. The van der Waals surface area contributed by atoms with Gasteiger partial charge in [0.25, 0.3) is 0 Å². The van der Waals surface area contributed by atoms with E-state index in [1.54, 1.807) is 0 Å². The molecule has 2 unspecified atom stereocenters. The topological polar surface area (TPSA) is 27.0 Å². The van der Waals surface area contributed by atoms with Gasteiger partial charge in [0.1, 0.15) is 0 Å². The van der Waals surface area contributed by atoms with Gasteiger partial charge in [-0.15, -0.1) is 0 Å². The molecule has 0 spiro atoms. The molecule has 90 valence electrons. The minimum Gasteiger partial charge on any atom is -0.303 e.